The Hall–Kier alpha value is -1.11. The standard InChI is InChI=1S/C14H18O/c1-2-11-6-5-7-12(10-11)13-8-3-4-9-14(13)15/h5-7,10,13H,2-4,8-9H2,1H3. The number of Topliss-reactive ketones (excluding diaryl/α,β-unsaturated/α-hetero) is 1. The Bertz CT molecular complexity index is 354. The van der Waals surface area contributed by atoms with Crippen molar-refractivity contribution in [3.05, 3.63) is 35.4 Å². The third kappa shape index (κ3) is 2.28. The first-order chi connectivity index (χ1) is 7.31. The monoisotopic (exact) mass is 202 g/mol. The van der Waals surface area contributed by atoms with Crippen LogP contribution >= 0.6 is 0 Å². The van der Waals surface area contributed by atoms with Crippen LogP contribution in [0.4, 0.5) is 0 Å². The molecule has 0 aromatic heterocycles. The Kier molecular flexibility index (Phi) is 3.20. The summed E-state index contributed by atoms with van der Waals surface area (Å²) in [4.78, 5) is 11.8. The van der Waals surface area contributed by atoms with Crippen molar-refractivity contribution in [1.82, 2.24) is 0 Å². The van der Waals surface area contributed by atoms with Gasteiger partial charge < -0.3 is 0 Å². The van der Waals surface area contributed by atoms with E-state index in [1.807, 2.05) is 0 Å². The molecule has 2 rings (SSSR count). The fourth-order valence-electron chi connectivity index (χ4n) is 2.37. The minimum Gasteiger partial charge on any atom is -0.299 e. The second kappa shape index (κ2) is 4.61. The quantitative estimate of drug-likeness (QED) is 0.717. The molecule has 1 aliphatic rings. The van der Waals surface area contributed by atoms with Gasteiger partial charge in [-0.05, 0) is 30.4 Å². The molecule has 0 saturated heterocycles. The van der Waals surface area contributed by atoms with Crippen LogP contribution in [0.25, 0.3) is 0 Å². The molecule has 1 heteroatoms. The molecule has 0 amide bonds. The molecule has 0 heterocycles. The second-order valence-electron chi connectivity index (χ2n) is 4.36. The summed E-state index contributed by atoms with van der Waals surface area (Å²) in [6.07, 6.45) is 5.16. The summed E-state index contributed by atoms with van der Waals surface area (Å²) in [6, 6.07) is 8.52. The summed E-state index contributed by atoms with van der Waals surface area (Å²) < 4.78 is 0. The number of hydrogen-bond acceptors (Lipinski definition) is 1. The zero-order valence-corrected chi connectivity index (χ0v) is 9.33. The van der Waals surface area contributed by atoms with Gasteiger partial charge in [0, 0.05) is 12.3 Å². The lowest BCUT2D eigenvalue weighted by Crippen LogP contribution is -2.17. The third-order valence-electron chi connectivity index (χ3n) is 3.32. The lowest BCUT2D eigenvalue weighted by atomic mass is 9.82. The van der Waals surface area contributed by atoms with Crippen molar-refractivity contribution in [2.75, 3.05) is 0 Å². The van der Waals surface area contributed by atoms with Crippen molar-refractivity contribution in [2.45, 2.75) is 44.9 Å². The van der Waals surface area contributed by atoms with Gasteiger partial charge >= 0.3 is 0 Å². The van der Waals surface area contributed by atoms with Crippen molar-refractivity contribution < 1.29 is 4.79 Å². The van der Waals surface area contributed by atoms with Gasteiger partial charge in [-0.15, -0.1) is 0 Å². The van der Waals surface area contributed by atoms with E-state index in [4.69, 9.17) is 0 Å². The Balaban J connectivity index is 2.23. The Labute approximate surface area is 91.5 Å². The zero-order valence-electron chi connectivity index (χ0n) is 9.33. The van der Waals surface area contributed by atoms with E-state index in [9.17, 15) is 4.79 Å². The molecule has 15 heavy (non-hydrogen) atoms. The first kappa shape index (κ1) is 10.4. The molecule has 1 saturated carbocycles. The zero-order chi connectivity index (χ0) is 10.7. The van der Waals surface area contributed by atoms with Crippen LogP contribution in [0.5, 0.6) is 0 Å². The van der Waals surface area contributed by atoms with E-state index in [-0.39, 0.29) is 5.92 Å². The van der Waals surface area contributed by atoms with Crippen molar-refractivity contribution in [1.29, 1.82) is 0 Å². The van der Waals surface area contributed by atoms with Crippen LogP contribution in [0, 0.1) is 0 Å². The maximum atomic E-state index is 11.8. The molecule has 1 fully saturated rings. The smallest absolute Gasteiger partial charge is 0.140 e. The van der Waals surface area contributed by atoms with Gasteiger partial charge in [0.25, 0.3) is 0 Å². The molecule has 1 aromatic rings. The van der Waals surface area contributed by atoms with Crippen LogP contribution in [-0.4, -0.2) is 5.78 Å². The highest BCUT2D eigenvalue weighted by atomic mass is 16.1. The molecular weight excluding hydrogens is 184 g/mol. The molecule has 1 nitrogen and oxygen atoms in total. The maximum absolute atomic E-state index is 11.8. The largest absolute Gasteiger partial charge is 0.299 e. The molecule has 0 aliphatic heterocycles. The summed E-state index contributed by atoms with van der Waals surface area (Å²) in [5, 5.41) is 0. The Morgan fingerprint density at radius 2 is 2.20 bits per heavy atom. The fraction of sp³-hybridized carbons (Fsp3) is 0.500. The van der Waals surface area contributed by atoms with Gasteiger partial charge in [0.15, 0.2) is 0 Å². The van der Waals surface area contributed by atoms with Crippen molar-refractivity contribution in [3.8, 4) is 0 Å². The maximum Gasteiger partial charge on any atom is 0.140 e. The summed E-state index contributed by atoms with van der Waals surface area (Å²) in [6.45, 7) is 2.15. The summed E-state index contributed by atoms with van der Waals surface area (Å²) in [7, 11) is 0. The van der Waals surface area contributed by atoms with Crippen LogP contribution in [-0.2, 0) is 11.2 Å². The van der Waals surface area contributed by atoms with Crippen LogP contribution in [0.1, 0.15) is 49.7 Å². The number of ketones is 1. The van der Waals surface area contributed by atoms with E-state index in [0.717, 1.165) is 25.7 Å². The van der Waals surface area contributed by atoms with Crippen LogP contribution in [0.15, 0.2) is 24.3 Å². The molecule has 0 spiro atoms. The fourth-order valence-corrected chi connectivity index (χ4v) is 2.37. The van der Waals surface area contributed by atoms with E-state index in [1.54, 1.807) is 0 Å². The highest BCUT2D eigenvalue weighted by molar-refractivity contribution is 5.86. The SMILES string of the molecule is CCc1cccc(C2CCCCC2=O)c1. The molecule has 80 valence electrons. The number of rotatable bonds is 2. The van der Waals surface area contributed by atoms with Gasteiger partial charge in [0.2, 0.25) is 0 Å². The predicted molar refractivity (Wildman–Crippen MR) is 62.0 cm³/mol. The van der Waals surface area contributed by atoms with Gasteiger partial charge in [0.05, 0.1) is 0 Å². The van der Waals surface area contributed by atoms with Crippen molar-refractivity contribution in [3.63, 3.8) is 0 Å². The molecule has 0 N–H and O–H groups in total. The van der Waals surface area contributed by atoms with Gasteiger partial charge in [-0.25, -0.2) is 0 Å². The third-order valence-corrected chi connectivity index (χ3v) is 3.32. The first-order valence-electron chi connectivity index (χ1n) is 5.93. The number of hydrogen-bond donors (Lipinski definition) is 0. The summed E-state index contributed by atoms with van der Waals surface area (Å²) in [5.41, 5.74) is 2.57. The number of carbonyl (C=O) groups is 1. The Morgan fingerprint density at radius 1 is 1.33 bits per heavy atom. The lowest BCUT2D eigenvalue weighted by Gasteiger charge is -2.21. The average molecular weight is 202 g/mol. The highest BCUT2D eigenvalue weighted by Gasteiger charge is 2.23. The minimum atomic E-state index is 0.185. The molecule has 1 atom stereocenters. The van der Waals surface area contributed by atoms with Gasteiger partial charge in [0.1, 0.15) is 5.78 Å². The van der Waals surface area contributed by atoms with Gasteiger partial charge in [-0.1, -0.05) is 37.6 Å². The second-order valence-corrected chi connectivity index (χ2v) is 4.36. The van der Waals surface area contributed by atoms with Crippen LogP contribution in [0.2, 0.25) is 0 Å². The predicted octanol–water partition coefficient (Wildman–Crippen LogP) is 3.48. The van der Waals surface area contributed by atoms with Crippen LogP contribution in [0.3, 0.4) is 0 Å². The molecule has 1 unspecified atom stereocenters. The minimum absolute atomic E-state index is 0.185. The first-order valence-corrected chi connectivity index (χ1v) is 5.93. The van der Waals surface area contributed by atoms with E-state index >= 15 is 0 Å². The highest BCUT2D eigenvalue weighted by Crippen LogP contribution is 2.30. The van der Waals surface area contributed by atoms with E-state index in [1.165, 1.54) is 17.5 Å². The van der Waals surface area contributed by atoms with Crippen molar-refractivity contribution >= 4 is 5.78 Å². The van der Waals surface area contributed by atoms with Gasteiger partial charge in [-0.3, -0.25) is 4.79 Å². The van der Waals surface area contributed by atoms with Crippen LogP contribution < -0.4 is 0 Å². The molecular formula is C14H18O. The average Bonchev–Trinajstić information content (AvgIpc) is 2.30. The topological polar surface area (TPSA) is 17.1 Å². The molecule has 1 aliphatic carbocycles. The molecule has 0 radical (unpaired) electrons. The van der Waals surface area contributed by atoms with Crippen molar-refractivity contribution in [2.24, 2.45) is 0 Å². The van der Waals surface area contributed by atoms with Gasteiger partial charge in [-0.2, -0.15) is 0 Å². The Morgan fingerprint density at radius 3 is 2.93 bits per heavy atom. The summed E-state index contributed by atoms with van der Waals surface area (Å²) >= 11 is 0. The number of carbonyl (C=O) groups excluding carboxylic acids is 1. The normalized spacial score (nSPS) is 21.7. The lowest BCUT2D eigenvalue weighted by molar-refractivity contribution is -0.121. The van der Waals surface area contributed by atoms with E-state index in [0.29, 0.717) is 5.78 Å². The summed E-state index contributed by atoms with van der Waals surface area (Å²) in [5.74, 6) is 0.625. The molecule has 1 aromatic carbocycles. The molecule has 0 bridgehead atoms. The number of aryl methyl sites for hydroxylation is 1. The number of benzene rings is 1. The van der Waals surface area contributed by atoms with E-state index < -0.39 is 0 Å². The van der Waals surface area contributed by atoms with E-state index in [2.05, 4.69) is 31.2 Å².